The molecule has 0 aromatic rings. The number of rotatable bonds is 9. The minimum Gasteiger partial charge on any atom is -0.338 e. The third-order valence-electron chi connectivity index (χ3n) is 2.80. The van der Waals surface area contributed by atoms with Crippen LogP contribution in [-0.4, -0.2) is 24.7 Å². The van der Waals surface area contributed by atoms with Gasteiger partial charge in [0, 0.05) is 6.54 Å². The molecule has 0 unspecified atom stereocenters. The zero-order valence-electron chi connectivity index (χ0n) is 11.8. The Kier molecular flexibility index (Phi) is 9.84. The van der Waals surface area contributed by atoms with Gasteiger partial charge in [0.2, 0.25) is 0 Å². The molecular weight excluding hydrogens is 273 g/mol. The molecule has 0 aliphatic heterocycles. The third-order valence-corrected chi connectivity index (χ3v) is 2.80. The number of carbonyl (C=O) groups is 2. The number of unbranched alkanes of at least 4 members (excludes halogenated alkanes) is 7. The SMILES string of the molecule is CCCCCCCCCCNC(=O)NC(=O)C(F)(F)F. The number of alkyl halides is 3. The van der Waals surface area contributed by atoms with Crippen molar-refractivity contribution in [2.75, 3.05) is 6.54 Å². The third kappa shape index (κ3) is 10.6. The molecule has 0 aromatic carbocycles. The molecule has 2 N–H and O–H groups in total. The second kappa shape index (κ2) is 10.5. The zero-order valence-corrected chi connectivity index (χ0v) is 11.8. The normalized spacial score (nSPS) is 11.2. The largest absolute Gasteiger partial charge is 0.471 e. The smallest absolute Gasteiger partial charge is 0.338 e. The Labute approximate surface area is 117 Å². The van der Waals surface area contributed by atoms with Gasteiger partial charge in [-0.05, 0) is 6.42 Å². The van der Waals surface area contributed by atoms with Gasteiger partial charge in [0.15, 0.2) is 0 Å². The number of halogens is 3. The highest BCUT2D eigenvalue weighted by Crippen LogP contribution is 2.13. The number of hydrogen-bond acceptors (Lipinski definition) is 2. The predicted molar refractivity (Wildman–Crippen MR) is 70.2 cm³/mol. The van der Waals surface area contributed by atoms with Crippen LogP contribution < -0.4 is 10.6 Å². The van der Waals surface area contributed by atoms with Crippen LogP contribution in [0.2, 0.25) is 0 Å². The van der Waals surface area contributed by atoms with E-state index in [4.69, 9.17) is 0 Å². The summed E-state index contributed by atoms with van der Waals surface area (Å²) in [6.07, 6.45) is 3.65. The van der Waals surface area contributed by atoms with Crippen LogP contribution in [0, 0.1) is 0 Å². The molecule has 0 saturated heterocycles. The summed E-state index contributed by atoms with van der Waals surface area (Å²) < 4.78 is 35.5. The van der Waals surface area contributed by atoms with Gasteiger partial charge in [-0.15, -0.1) is 0 Å². The summed E-state index contributed by atoms with van der Waals surface area (Å²) in [7, 11) is 0. The number of amides is 3. The molecule has 0 aliphatic rings. The standard InChI is InChI=1S/C13H23F3N2O2/c1-2-3-4-5-6-7-8-9-10-17-12(20)18-11(19)13(14,15)16/h2-10H2,1H3,(H2,17,18,19,20). The van der Waals surface area contributed by atoms with E-state index < -0.39 is 18.1 Å². The summed E-state index contributed by atoms with van der Waals surface area (Å²) in [6.45, 7) is 2.42. The van der Waals surface area contributed by atoms with E-state index in [2.05, 4.69) is 12.2 Å². The minimum absolute atomic E-state index is 0.270. The summed E-state index contributed by atoms with van der Waals surface area (Å²) in [5, 5.41) is 3.46. The van der Waals surface area contributed by atoms with E-state index in [0.717, 1.165) is 19.3 Å². The molecule has 0 fully saturated rings. The number of urea groups is 1. The average Bonchev–Trinajstić information content (AvgIpc) is 2.35. The van der Waals surface area contributed by atoms with Gasteiger partial charge in [-0.25, -0.2) is 4.79 Å². The topological polar surface area (TPSA) is 58.2 Å². The first-order chi connectivity index (χ1) is 9.38. The fourth-order valence-electron chi connectivity index (χ4n) is 1.68. The maximum absolute atomic E-state index is 11.8. The highest BCUT2D eigenvalue weighted by molar-refractivity contribution is 5.96. The quantitative estimate of drug-likeness (QED) is 0.640. The lowest BCUT2D eigenvalue weighted by Gasteiger charge is -2.08. The van der Waals surface area contributed by atoms with E-state index in [1.807, 2.05) is 0 Å². The Bertz CT molecular complexity index is 294. The van der Waals surface area contributed by atoms with Crippen LogP contribution in [0.25, 0.3) is 0 Å². The summed E-state index contributed by atoms with van der Waals surface area (Å²) in [5.41, 5.74) is 0. The fraction of sp³-hybridized carbons (Fsp3) is 0.846. The second-order valence-electron chi connectivity index (χ2n) is 4.68. The molecule has 0 atom stereocenters. The molecule has 118 valence electrons. The maximum atomic E-state index is 11.8. The van der Waals surface area contributed by atoms with Gasteiger partial charge < -0.3 is 5.32 Å². The van der Waals surface area contributed by atoms with Crippen molar-refractivity contribution in [2.45, 2.75) is 64.5 Å². The van der Waals surface area contributed by atoms with Gasteiger partial charge in [0.05, 0.1) is 0 Å². The second-order valence-corrected chi connectivity index (χ2v) is 4.68. The van der Waals surface area contributed by atoms with E-state index in [-0.39, 0.29) is 6.54 Å². The molecule has 3 amide bonds. The van der Waals surface area contributed by atoms with Crippen molar-refractivity contribution in [2.24, 2.45) is 0 Å². The first-order valence-electron chi connectivity index (χ1n) is 7.04. The molecular formula is C13H23F3N2O2. The van der Waals surface area contributed by atoms with Crippen molar-refractivity contribution in [3.63, 3.8) is 0 Å². The van der Waals surface area contributed by atoms with Crippen LogP contribution in [-0.2, 0) is 4.79 Å². The summed E-state index contributed by atoms with van der Waals surface area (Å²) >= 11 is 0. The van der Waals surface area contributed by atoms with Crippen molar-refractivity contribution >= 4 is 11.9 Å². The van der Waals surface area contributed by atoms with Crippen LogP contribution in [0.4, 0.5) is 18.0 Å². The Morgan fingerprint density at radius 2 is 1.40 bits per heavy atom. The van der Waals surface area contributed by atoms with Crippen LogP contribution in [0.1, 0.15) is 58.3 Å². The van der Waals surface area contributed by atoms with Crippen LogP contribution in [0.15, 0.2) is 0 Å². The monoisotopic (exact) mass is 296 g/mol. The van der Waals surface area contributed by atoms with E-state index >= 15 is 0 Å². The van der Waals surface area contributed by atoms with Gasteiger partial charge in [-0.2, -0.15) is 13.2 Å². The molecule has 0 radical (unpaired) electrons. The molecule has 0 aromatic heterocycles. The number of imide groups is 1. The Morgan fingerprint density at radius 3 is 1.90 bits per heavy atom. The molecule has 20 heavy (non-hydrogen) atoms. The van der Waals surface area contributed by atoms with Gasteiger partial charge in [-0.3, -0.25) is 10.1 Å². The van der Waals surface area contributed by atoms with E-state index in [0.29, 0.717) is 6.42 Å². The minimum atomic E-state index is -5.03. The zero-order chi connectivity index (χ0) is 15.4. The molecule has 4 nitrogen and oxygen atoms in total. The lowest BCUT2D eigenvalue weighted by Crippen LogP contribution is -2.45. The molecule has 0 rings (SSSR count). The van der Waals surface area contributed by atoms with Gasteiger partial charge in [-0.1, -0.05) is 51.9 Å². The summed E-state index contributed by atoms with van der Waals surface area (Å²) in [6, 6.07) is -1.10. The lowest BCUT2D eigenvalue weighted by atomic mass is 10.1. The fourth-order valence-corrected chi connectivity index (χ4v) is 1.68. The molecule has 0 heterocycles. The van der Waals surface area contributed by atoms with Crippen molar-refractivity contribution in [1.82, 2.24) is 10.6 Å². The van der Waals surface area contributed by atoms with E-state index in [1.54, 1.807) is 0 Å². The van der Waals surface area contributed by atoms with Gasteiger partial charge >= 0.3 is 18.1 Å². The van der Waals surface area contributed by atoms with Gasteiger partial charge in [0.1, 0.15) is 0 Å². The lowest BCUT2D eigenvalue weighted by molar-refractivity contribution is -0.172. The van der Waals surface area contributed by atoms with Gasteiger partial charge in [0.25, 0.3) is 0 Å². The Hall–Kier alpha value is -1.27. The van der Waals surface area contributed by atoms with Crippen molar-refractivity contribution in [3.05, 3.63) is 0 Å². The predicted octanol–water partition coefficient (Wildman–Crippen LogP) is 3.52. The van der Waals surface area contributed by atoms with Crippen molar-refractivity contribution < 1.29 is 22.8 Å². The van der Waals surface area contributed by atoms with Crippen LogP contribution >= 0.6 is 0 Å². The first-order valence-corrected chi connectivity index (χ1v) is 7.04. The molecule has 7 heteroatoms. The summed E-state index contributed by atoms with van der Waals surface area (Å²) in [5.74, 6) is -2.24. The maximum Gasteiger partial charge on any atom is 0.471 e. The average molecular weight is 296 g/mol. The summed E-state index contributed by atoms with van der Waals surface area (Å²) in [4.78, 5) is 21.4. The number of carbonyl (C=O) groups excluding carboxylic acids is 2. The van der Waals surface area contributed by atoms with E-state index in [1.165, 1.54) is 31.0 Å². The number of hydrogen-bond donors (Lipinski definition) is 2. The van der Waals surface area contributed by atoms with Crippen LogP contribution in [0.5, 0.6) is 0 Å². The highest BCUT2D eigenvalue weighted by atomic mass is 19.4. The Morgan fingerprint density at radius 1 is 0.900 bits per heavy atom. The van der Waals surface area contributed by atoms with Crippen molar-refractivity contribution in [1.29, 1.82) is 0 Å². The first kappa shape index (κ1) is 18.7. The number of nitrogens with one attached hydrogen (secondary N) is 2. The van der Waals surface area contributed by atoms with E-state index in [9.17, 15) is 22.8 Å². The molecule has 0 aliphatic carbocycles. The van der Waals surface area contributed by atoms with Crippen molar-refractivity contribution in [3.8, 4) is 0 Å². The van der Waals surface area contributed by atoms with Crippen LogP contribution in [0.3, 0.4) is 0 Å². The Balaban J connectivity index is 3.43. The molecule has 0 spiro atoms. The molecule has 0 saturated carbocycles. The highest BCUT2D eigenvalue weighted by Gasteiger charge is 2.39. The molecule has 0 bridgehead atoms.